The van der Waals surface area contributed by atoms with Crippen molar-refractivity contribution in [3.8, 4) is 11.5 Å². The SMILES string of the molecule is COc1ccc(COc2c3c(c(CC(=O)O)c4cc(Cc5ccc(F)cc5)cnc24)CN(C)C3=O)cc1. The first-order chi connectivity index (χ1) is 17.8. The van der Waals surface area contributed by atoms with Crippen molar-refractivity contribution in [2.75, 3.05) is 14.2 Å². The largest absolute Gasteiger partial charge is 0.497 e. The zero-order valence-electron chi connectivity index (χ0n) is 20.5. The summed E-state index contributed by atoms with van der Waals surface area (Å²) in [5.41, 5.74) is 4.62. The maximum Gasteiger partial charge on any atom is 0.307 e. The van der Waals surface area contributed by atoms with E-state index >= 15 is 0 Å². The number of aromatic nitrogens is 1. The average Bonchev–Trinajstić information content (AvgIpc) is 3.19. The number of fused-ring (bicyclic) bond motifs is 2. The summed E-state index contributed by atoms with van der Waals surface area (Å²) in [5.74, 6) is -0.475. The maximum absolute atomic E-state index is 13.4. The van der Waals surface area contributed by atoms with Crippen molar-refractivity contribution >= 4 is 22.8 Å². The number of methoxy groups -OCH3 is 1. The van der Waals surface area contributed by atoms with Crippen LogP contribution in [0.3, 0.4) is 0 Å². The number of carbonyl (C=O) groups is 2. The van der Waals surface area contributed by atoms with Crippen LogP contribution >= 0.6 is 0 Å². The van der Waals surface area contributed by atoms with Gasteiger partial charge >= 0.3 is 5.97 Å². The van der Waals surface area contributed by atoms with Crippen molar-refractivity contribution in [3.63, 3.8) is 0 Å². The normalized spacial score (nSPS) is 12.6. The molecule has 8 heteroatoms. The van der Waals surface area contributed by atoms with E-state index in [4.69, 9.17) is 9.47 Å². The lowest BCUT2D eigenvalue weighted by atomic mass is 9.93. The fraction of sp³-hybridized carbons (Fsp3) is 0.207. The van der Waals surface area contributed by atoms with E-state index in [1.165, 1.54) is 12.1 Å². The Morgan fingerprint density at radius 2 is 1.78 bits per heavy atom. The lowest BCUT2D eigenvalue weighted by Gasteiger charge is -2.17. The Hall–Kier alpha value is -4.46. The molecular formula is C29H25FN2O5. The van der Waals surface area contributed by atoms with E-state index in [-0.39, 0.29) is 31.3 Å². The van der Waals surface area contributed by atoms with Crippen LogP contribution in [-0.2, 0) is 30.8 Å². The van der Waals surface area contributed by atoms with Gasteiger partial charge in [-0.25, -0.2) is 4.39 Å². The molecule has 4 aromatic rings. The number of carbonyl (C=O) groups excluding carboxylic acids is 1. The van der Waals surface area contributed by atoms with Gasteiger partial charge in [-0.05, 0) is 64.6 Å². The van der Waals surface area contributed by atoms with E-state index in [1.807, 2.05) is 30.3 Å². The number of aliphatic carboxylic acids is 1. The summed E-state index contributed by atoms with van der Waals surface area (Å²) < 4.78 is 24.8. The summed E-state index contributed by atoms with van der Waals surface area (Å²) >= 11 is 0. The van der Waals surface area contributed by atoms with Crippen molar-refractivity contribution < 1.29 is 28.6 Å². The number of halogens is 1. The molecule has 0 saturated heterocycles. The lowest BCUT2D eigenvalue weighted by molar-refractivity contribution is -0.136. The summed E-state index contributed by atoms with van der Waals surface area (Å²) in [6, 6.07) is 15.5. The highest BCUT2D eigenvalue weighted by molar-refractivity contribution is 6.08. The summed E-state index contributed by atoms with van der Waals surface area (Å²) in [5, 5.41) is 10.3. The third-order valence-corrected chi connectivity index (χ3v) is 6.53. The number of hydrogen-bond donors (Lipinski definition) is 1. The Balaban J connectivity index is 1.62. The van der Waals surface area contributed by atoms with E-state index in [1.54, 1.807) is 37.4 Å². The van der Waals surface area contributed by atoms with Crippen LogP contribution in [0, 0.1) is 5.82 Å². The molecule has 1 aromatic heterocycles. The van der Waals surface area contributed by atoms with E-state index in [0.717, 1.165) is 22.4 Å². The molecule has 1 aliphatic heterocycles. The Labute approximate surface area is 213 Å². The number of carboxylic acid groups (broad SMARTS) is 1. The average molecular weight is 501 g/mol. The molecule has 1 aliphatic rings. The number of carboxylic acids is 1. The second-order valence-corrected chi connectivity index (χ2v) is 9.07. The molecule has 7 nitrogen and oxygen atoms in total. The van der Waals surface area contributed by atoms with E-state index in [9.17, 15) is 19.1 Å². The van der Waals surface area contributed by atoms with Gasteiger partial charge in [0.05, 0.1) is 19.1 Å². The molecule has 3 aromatic carbocycles. The van der Waals surface area contributed by atoms with Gasteiger partial charge in [-0.15, -0.1) is 0 Å². The molecular weight excluding hydrogens is 475 g/mol. The van der Waals surface area contributed by atoms with Crippen molar-refractivity contribution in [1.29, 1.82) is 0 Å². The Kier molecular flexibility index (Phi) is 6.48. The van der Waals surface area contributed by atoms with Gasteiger partial charge in [0.1, 0.15) is 23.7 Å². The third kappa shape index (κ3) is 4.82. The molecule has 1 amide bonds. The van der Waals surface area contributed by atoms with E-state index in [2.05, 4.69) is 4.98 Å². The molecule has 0 atom stereocenters. The van der Waals surface area contributed by atoms with Crippen LogP contribution < -0.4 is 9.47 Å². The van der Waals surface area contributed by atoms with Crippen LogP contribution in [0.4, 0.5) is 4.39 Å². The molecule has 0 fully saturated rings. The van der Waals surface area contributed by atoms with Crippen LogP contribution in [0.5, 0.6) is 11.5 Å². The van der Waals surface area contributed by atoms with Crippen molar-refractivity contribution in [2.45, 2.75) is 26.0 Å². The van der Waals surface area contributed by atoms with Crippen LogP contribution in [-0.4, -0.2) is 41.0 Å². The number of hydrogen-bond acceptors (Lipinski definition) is 5. The van der Waals surface area contributed by atoms with Gasteiger partial charge in [0.15, 0.2) is 5.75 Å². The fourth-order valence-corrected chi connectivity index (χ4v) is 4.69. The van der Waals surface area contributed by atoms with E-state index in [0.29, 0.717) is 39.8 Å². The molecule has 1 N–H and O–H groups in total. The van der Waals surface area contributed by atoms with Gasteiger partial charge in [-0.1, -0.05) is 24.3 Å². The first-order valence-corrected chi connectivity index (χ1v) is 11.8. The van der Waals surface area contributed by atoms with Gasteiger partial charge in [0, 0.05) is 25.2 Å². The van der Waals surface area contributed by atoms with Gasteiger partial charge in [-0.3, -0.25) is 14.6 Å². The molecule has 0 spiro atoms. The molecule has 37 heavy (non-hydrogen) atoms. The smallest absolute Gasteiger partial charge is 0.307 e. The fourth-order valence-electron chi connectivity index (χ4n) is 4.69. The molecule has 0 aliphatic carbocycles. The number of amides is 1. The molecule has 0 unspecified atom stereocenters. The Morgan fingerprint density at radius 3 is 2.46 bits per heavy atom. The zero-order valence-corrected chi connectivity index (χ0v) is 20.5. The number of pyridine rings is 1. The quantitative estimate of drug-likeness (QED) is 0.375. The van der Waals surface area contributed by atoms with Crippen LogP contribution in [0.2, 0.25) is 0 Å². The number of rotatable bonds is 8. The van der Waals surface area contributed by atoms with Gasteiger partial charge in [-0.2, -0.15) is 0 Å². The van der Waals surface area contributed by atoms with Crippen molar-refractivity contribution in [2.24, 2.45) is 0 Å². The summed E-state index contributed by atoms with van der Waals surface area (Å²) in [6.07, 6.45) is 1.93. The number of nitrogens with zero attached hydrogens (tertiary/aromatic N) is 2. The van der Waals surface area contributed by atoms with Crippen molar-refractivity contribution in [1.82, 2.24) is 9.88 Å². The highest BCUT2D eigenvalue weighted by Crippen LogP contribution is 2.41. The van der Waals surface area contributed by atoms with Crippen LogP contribution in [0.25, 0.3) is 10.9 Å². The lowest BCUT2D eigenvalue weighted by Crippen LogP contribution is -2.18. The zero-order chi connectivity index (χ0) is 26.1. The second kappa shape index (κ2) is 9.89. The Morgan fingerprint density at radius 1 is 1.08 bits per heavy atom. The number of ether oxygens (including phenoxy) is 2. The Bertz CT molecular complexity index is 1500. The summed E-state index contributed by atoms with van der Waals surface area (Å²) in [6.45, 7) is 0.480. The minimum absolute atomic E-state index is 0.194. The minimum atomic E-state index is -0.999. The third-order valence-electron chi connectivity index (χ3n) is 6.53. The second-order valence-electron chi connectivity index (χ2n) is 9.07. The van der Waals surface area contributed by atoms with Crippen LogP contribution in [0.15, 0.2) is 60.8 Å². The van der Waals surface area contributed by atoms with Crippen LogP contribution in [0.1, 0.15) is 38.2 Å². The standard InChI is InChI=1S/C29H25FN2O5/c1-32-15-24-22(13-25(33)34)23-12-19(11-17-3-7-20(30)8-4-17)14-31-27(23)28(26(24)29(32)35)37-16-18-5-9-21(36-2)10-6-18/h3-10,12,14H,11,13,15-16H2,1-2H3,(H,33,34). The predicted octanol–water partition coefficient (Wildman–Crippen LogP) is 4.77. The number of benzene rings is 3. The first-order valence-electron chi connectivity index (χ1n) is 11.8. The van der Waals surface area contributed by atoms with Crippen molar-refractivity contribution in [3.05, 3.63) is 100.0 Å². The van der Waals surface area contributed by atoms with E-state index < -0.39 is 5.97 Å². The van der Waals surface area contributed by atoms with Gasteiger partial charge in [0.25, 0.3) is 5.91 Å². The maximum atomic E-state index is 13.4. The molecule has 0 bridgehead atoms. The highest BCUT2D eigenvalue weighted by atomic mass is 19.1. The molecule has 188 valence electrons. The first kappa shape index (κ1) is 24.2. The molecule has 0 saturated carbocycles. The van der Waals surface area contributed by atoms with Gasteiger partial charge in [0.2, 0.25) is 0 Å². The predicted molar refractivity (Wildman–Crippen MR) is 135 cm³/mol. The summed E-state index contributed by atoms with van der Waals surface area (Å²) in [7, 11) is 3.27. The molecule has 5 rings (SSSR count). The monoisotopic (exact) mass is 500 g/mol. The minimum Gasteiger partial charge on any atom is -0.497 e. The van der Waals surface area contributed by atoms with Gasteiger partial charge < -0.3 is 19.5 Å². The molecule has 0 radical (unpaired) electrons. The summed E-state index contributed by atoms with van der Waals surface area (Å²) in [4.78, 5) is 31.2. The highest BCUT2D eigenvalue weighted by Gasteiger charge is 2.34. The molecule has 2 heterocycles. The topological polar surface area (TPSA) is 89.0 Å².